The highest BCUT2D eigenvalue weighted by atomic mass is 79.9. The quantitative estimate of drug-likeness (QED) is 0.769. The Morgan fingerprint density at radius 3 is 2.29 bits per heavy atom. The topological polar surface area (TPSA) is 12.0 Å². The minimum absolute atomic E-state index is 0.492. The van der Waals surface area contributed by atoms with Gasteiger partial charge < -0.3 is 5.32 Å². The zero-order valence-electron chi connectivity index (χ0n) is 13.1. The van der Waals surface area contributed by atoms with Gasteiger partial charge in [0.25, 0.3) is 0 Å². The van der Waals surface area contributed by atoms with E-state index >= 15 is 0 Å². The van der Waals surface area contributed by atoms with Crippen LogP contribution in [0.4, 0.5) is 0 Å². The van der Waals surface area contributed by atoms with Crippen LogP contribution in [0, 0.1) is 6.92 Å². The molecule has 0 radical (unpaired) electrons. The lowest BCUT2D eigenvalue weighted by Crippen LogP contribution is -2.29. The molecule has 1 atom stereocenters. The average Bonchev–Trinajstić information content (AvgIpc) is 2.46. The van der Waals surface area contributed by atoms with Crippen LogP contribution in [0.3, 0.4) is 0 Å². The summed E-state index contributed by atoms with van der Waals surface area (Å²) in [5.74, 6) is 0.492. The molecule has 1 nitrogen and oxygen atoms in total. The van der Waals surface area contributed by atoms with E-state index in [0.29, 0.717) is 12.0 Å². The lowest BCUT2D eigenvalue weighted by atomic mass is 9.91. The normalized spacial score (nSPS) is 12.6. The zero-order chi connectivity index (χ0) is 15.2. The van der Waals surface area contributed by atoms with Gasteiger partial charge in [-0.1, -0.05) is 77.8 Å². The molecule has 0 saturated heterocycles. The summed E-state index contributed by atoms with van der Waals surface area (Å²) < 4.78 is 1.20. The van der Waals surface area contributed by atoms with Crippen molar-refractivity contribution in [2.24, 2.45) is 0 Å². The molecule has 2 aromatic rings. The van der Waals surface area contributed by atoms with Crippen molar-refractivity contribution in [2.75, 3.05) is 6.54 Å². The molecule has 1 N–H and O–H groups in total. The molecule has 0 aliphatic heterocycles. The van der Waals surface area contributed by atoms with Crippen LogP contribution in [0.1, 0.15) is 36.5 Å². The van der Waals surface area contributed by atoms with Gasteiger partial charge in [0.05, 0.1) is 0 Å². The molecule has 21 heavy (non-hydrogen) atoms. The summed E-state index contributed by atoms with van der Waals surface area (Å²) >= 11 is 3.67. The van der Waals surface area contributed by atoms with Crippen LogP contribution in [0.25, 0.3) is 0 Å². The Bertz CT molecular complexity index is 560. The Hall–Kier alpha value is -1.12. The Kier molecular flexibility index (Phi) is 6.01. The molecule has 0 saturated carbocycles. The first-order chi connectivity index (χ1) is 10.1. The van der Waals surface area contributed by atoms with Crippen molar-refractivity contribution in [3.8, 4) is 0 Å². The highest BCUT2D eigenvalue weighted by Gasteiger charge is 2.14. The summed E-state index contributed by atoms with van der Waals surface area (Å²) in [4.78, 5) is 0. The van der Waals surface area contributed by atoms with Gasteiger partial charge >= 0.3 is 0 Å². The number of hydrogen-bond acceptors (Lipinski definition) is 1. The molecule has 0 bridgehead atoms. The van der Waals surface area contributed by atoms with Gasteiger partial charge in [-0.3, -0.25) is 0 Å². The van der Waals surface area contributed by atoms with E-state index in [2.05, 4.69) is 90.5 Å². The third kappa shape index (κ3) is 4.98. The predicted octanol–water partition coefficient (Wildman–Crippen LogP) is 5.08. The molecule has 2 heteroatoms. The van der Waals surface area contributed by atoms with E-state index in [9.17, 15) is 0 Å². The summed E-state index contributed by atoms with van der Waals surface area (Å²) in [6.45, 7) is 7.54. The summed E-state index contributed by atoms with van der Waals surface area (Å²) in [5, 5.41) is 3.58. The number of halogens is 1. The fraction of sp³-hybridized carbons (Fsp3) is 0.368. The highest BCUT2D eigenvalue weighted by Crippen LogP contribution is 2.25. The smallest absolute Gasteiger partial charge is 0.0207 e. The van der Waals surface area contributed by atoms with Crippen molar-refractivity contribution in [1.29, 1.82) is 0 Å². The van der Waals surface area contributed by atoms with Crippen molar-refractivity contribution < 1.29 is 0 Å². The maximum atomic E-state index is 3.67. The minimum atomic E-state index is 0.492. The SMILES string of the molecule is Cc1ccc(C(CNC(C)C)Cc2ccccc2Br)cc1. The Balaban J connectivity index is 2.19. The second-order valence-corrected chi connectivity index (χ2v) is 6.82. The maximum absolute atomic E-state index is 3.67. The molecular formula is C19H24BrN. The lowest BCUT2D eigenvalue weighted by molar-refractivity contribution is 0.526. The van der Waals surface area contributed by atoms with Crippen molar-refractivity contribution in [3.05, 3.63) is 69.7 Å². The lowest BCUT2D eigenvalue weighted by Gasteiger charge is -2.21. The average molecular weight is 346 g/mol. The molecule has 0 aliphatic rings. The minimum Gasteiger partial charge on any atom is -0.314 e. The molecule has 2 rings (SSSR count). The largest absolute Gasteiger partial charge is 0.314 e. The Morgan fingerprint density at radius 1 is 1.00 bits per heavy atom. The summed E-state index contributed by atoms with van der Waals surface area (Å²) in [6.07, 6.45) is 1.05. The maximum Gasteiger partial charge on any atom is 0.0207 e. The van der Waals surface area contributed by atoms with Gasteiger partial charge in [0.15, 0.2) is 0 Å². The number of hydrogen-bond donors (Lipinski definition) is 1. The first kappa shape index (κ1) is 16.3. The zero-order valence-corrected chi connectivity index (χ0v) is 14.7. The summed E-state index contributed by atoms with van der Waals surface area (Å²) in [7, 11) is 0. The molecule has 1 unspecified atom stereocenters. The first-order valence-corrected chi connectivity index (χ1v) is 8.39. The van der Waals surface area contributed by atoms with Crippen molar-refractivity contribution in [2.45, 2.75) is 39.2 Å². The molecule has 2 aromatic carbocycles. The number of benzene rings is 2. The van der Waals surface area contributed by atoms with E-state index in [-0.39, 0.29) is 0 Å². The van der Waals surface area contributed by atoms with Gasteiger partial charge in [-0.25, -0.2) is 0 Å². The molecule has 0 fully saturated rings. The Morgan fingerprint density at radius 2 is 1.67 bits per heavy atom. The highest BCUT2D eigenvalue weighted by molar-refractivity contribution is 9.10. The molecule has 112 valence electrons. The van der Waals surface area contributed by atoms with Crippen LogP contribution in [0.5, 0.6) is 0 Å². The van der Waals surface area contributed by atoms with Crippen LogP contribution in [0.15, 0.2) is 53.0 Å². The molecule has 0 amide bonds. The van der Waals surface area contributed by atoms with Crippen molar-refractivity contribution in [1.82, 2.24) is 5.32 Å². The van der Waals surface area contributed by atoms with E-state index in [1.807, 2.05) is 0 Å². The molecule has 0 heterocycles. The first-order valence-electron chi connectivity index (χ1n) is 7.59. The van der Waals surface area contributed by atoms with Crippen LogP contribution in [-0.4, -0.2) is 12.6 Å². The fourth-order valence-electron chi connectivity index (χ4n) is 2.45. The van der Waals surface area contributed by atoms with E-state index in [1.54, 1.807) is 0 Å². The van der Waals surface area contributed by atoms with Crippen molar-refractivity contribution >= 4 is 15.9 Å². The van der Waals surface area contributed by atoms with E-state index in [1.165, 1.54) is 21.2 Å². The molecule has 0 aliphatic carbocycles. The number of aryl methyl sites for hydroxylation is 1. The summed E-state index contributed by atoms with van der Waals surface area (Å²) in [6, 6.07) is 18.0. The third-order valence-electron chi connectivity index (χ3n) is 3.75. The second-order valence-electron chi connectivity index (χ2n) is 5.97. The molecule has 0 aromatic heterocycles. The van der Waals surface area contributed by atoms with E-state index in [0.717, 1.165) is 13.0 Å². The Labute approximate surface area is 136 Å². The third-order valence-corrected chi connectivity index (χ3v) is 4.52. The molecule has 0 spiro atoms. The summed E-state index contributed by atoms with van der Waals surface area (Å²) in [5.41, 5.74) is 4.09. The van der Waals surface area contributed by atoms with Crippen LogP contribution >= 0.6 is 15.9 Å². The van der Waals surface area contributed by atoms with Gasteiger partial charge in [0.2, 0.25) is 0 Å². The fourth-order valence-corrected chi connectivity index (χ4v) is 2.90. The number of nitrogens with one attached hydrogen (secondary N) is 1. The van der Waals surface area contributed by atoms with Crippen molar-refractivity contribution in [3.63, 3.8) is 0 Å². The number of rotatable bonds is 6. The van der Waals surface area contributed by atoms with Gasteiger partial charge in [0.1, 0.15) is 0 Å². The van der Waals surface area contributed by atoms with Crippen LogP contribution in [-0.2, 0) is 6.42 Å². The predicted molar refractivity (Wildman–Crippen MR) is 94.9 cm³/mol. The van der Waals surface area contributed by atoms with E-state index < -0.39 is 0 Å². The standard InChI is InChI=1S/C19H24BrN/c1-14(2)21-13-18(16-10-8-15(3)9-11-16)12-17-6-4-5-7-19(17)20/h4-11,14,18,21H,12-13H2,1-3H3. The van der Waals surface area contributed by atoms with Gasteiger partial charge in [0, 0.05) is 23.0 Å². The van der Waals surface area contributed by atoms with Crippen LogP contribution in [0.2, 0.25) is 0 Å². The van der Waals surface area contributed by atoms with Crippen LogP contribution < -0.4 is 5.32 Å². The van der Waals surface area contributed by atoms with Gasteiger partial charge in [-0.05, 0) is 30.5 Å². The second kappa shape index (κ2) is 7.77. The van der Waals surface area contributed by atoms with Gasteiger partial charge in [-0.15, -0.1) is 0 Å². The monoisotopic (exact) mass is 345 g/mol. The van der Waals surface area contributed by atoms with Gasteiger partial charge in [-0.2, -0.15) is 0 Å². The molecular weight excluding hydrogens is 322 g/mol. The van der Waals surface area contributed by atoms with E-state index in [4.69, 9.17) is 0 Å².